The number of hydrogen-bond donors (Lipinski definition) is 1. The van der Waals surface area contributed by atoms with Crippen LogP contribution in [0.3, 0.4) is 0 Å². The summed E-state index contributed by atoms with van der Waals surface area (Å²) in [4.78, 5) is 8.73. The Morgan fingerprint density at radius 2 is 1.88 bits per heavy atom. The van der Waals surface area contributed by atoms with E-state index in [-0.39, 0.29) is 6.61 Å². The smallest absolute Gasteiger partial charge is 0.129 e. The van der Waals surface area contributed by atoms with Gasteiger partial charge in [0.25, 0.3) is 0 Å². The predicted molar refractivity (Wildman–Crippen MR) is 98.4 cm³/mol. The van der Waals surface area contributed by atoms with Crippen molar-refractivity contribution < 1.29 is 5.11 Å². The number of fused-ring (bicyclic) bond motifs is 1. The van der Waals surface area contributed by atoms with E-state index in [0.717, 1.165) is 27.8 Å². The minimum absolute atomic E-state index is 0.105. The first kappa shape index (κ1) is 17.3. The molecule has 0 unspecified atom stereocenters. The fourth-order valence-corrected chi connectivity index (χ4v) is 2.92. The van der Waals surface area contributed by atoms with Gasteiger partial charge in [0.15, 0.2) is 0 Å². The molecule has 1 N–H and O–H groups in total. The highest BCUT2D eigenvalue weighted by Crippen LogP contribution is 2.26. The van der Waals surface area contributed by atoms with Gasteiger partial charge in [0.1, 0.15) is 5.15 Å². The molecule has 1 aromatic carbocycles. The van der Waals surface area contributed by atoms with Crippen LogP contribution in [-0.4, -0.2) is 15.1 Å². The van der Waals surface area contributed by atoms with Crippen LogP contribution in [-0.2, 0) is 18.4 Å². The topological polar surface area (TPSA) is 69.8 Å². The van der Waals surface area contributed by atoms with E-state index in [0.29, 0.717) is 17.1 Å². The van der Waals surface area contributed by atoms with Gasteiger partial charge in [0, 0.05) is 18.2 Å². The highest BCUT2D eigenvalue weighted by Gasteiger charge is 2.19. The Morgan fingerprint density at radius 1 is 1.16 bits per heavy atom. The lowest BCUT2D eigenvalue weighted by atomic mass is 9.85. The normalized spacial score (nSPS) is 11.5. The summed E-state index contributed by atoms with van der Waals surface area (Å²) < 4.78 is 0. The fraction of sp³-hybridized carbons (Fsp3) is 0.250. The zero-order valence-electron chi connectivity index (χ0n) is 14.1. The van der Waals surface area contributed by atoms with Crippen LogP contribution >= 0.6 is 11.6 Å². The third-order valence-corrected chi connectivity index (χ3v) is 4.59. The SMILES string of the molecule is CC(C)(C#N)c1ccc(Cc2c(CO)cnc3ccc(Cl)nc23)cc1. The Labute approximate surface area is 151 Å². The molecule has 0 fully saturated rings. The molecule has 0 amide bonds. The van der Waals surface area contributed by atoms with E-state index in [4.69, 9.17) is 11.6 Å². The maximum absolute atomic E-state index is 9.67. The van der Waals surface area contributed by atoms with Crippen LogP contribution in [0.25, 0.3) is 11.0 Å². The number of aliphatic hydroxyl groups excluding tert-OH is 1. The first-order valence-corrected chi connectivity index (χ1v) is 8.37. The number of nitriles is 1. The van der Waals surface area contributed by atoms with Crippen molar-refractivity contribution in [2.45, 2.75) is 32.3 Å². The van der Waals surface area contributed by atoms with Gasteiger partial charge in [-0.25, -0.2) is 4.98 Å². The number of nitrogens with zero attached hydrogens (tertiary/aromatic N) is 3. The molecule has 0 aliphatic heterocycles. The summed E-state index contributed by atoms with van der Waals surface area (Å²) in [5, 5.41) is 19.3. The molecule has 0 radical (unpaired) electrons. The maximum Gasteiger partial charge on any atom is 0.129 e. The monoisotopic (exact) mass is 351 g/mol. The van der Waals surface area contributed by atoms with Gasteiger partial charge in [-0.1, -0.05) is 35.9 Å². The van der Waals surface area contributed by atoms with Crippen LogP contribution in [0.4, 0.5) is 0 Å². The molecule has 2 heterocycles. The lowest BCUT2D eigenvalue weighted by Gasteiger charge is -2.16. The predicted octanol–water partition coefficient (Wildman–Crippen LogP) is 4.17. The average Bonchev–Trinajstić information content (AvgIpc) is 2.62. The molecule has 0 aliphatic carbocycles. The molecule has 5 heteroatoms. The standard InChI is InChI=1S/C20H18ClN3O/c1-20(2,12-22)15-5-3-13(4-6-15)9-16-14(11-25)10-23-17-7-8-18(21)24-19(16)17/h3-8,10,25H,9,11H2,1-2H3. The van der Waals surface area contributed by atoms with Gasteiger partial charge in [0.2, 0.25) is 0 Å². The molecule has 4 nitrogen and oxygen atoms in total. The van der Waals surface area contributed by atoms with E-state index in [1.54, 1.807) is 12.3 Å². The van der Waals surface area contributed by atoms with E-state index in [1.165, 1.54) is 0 Å². The maximum atomic E-state index is 9.67. The number of aromatic nitrogens is 2. The second-order valence-corrected chi connectivity index (χ2v) is 6.92. The Kier molecular flexibility index (Phi) is 4.71. The first-order chi connectivity index (χ1) is 11.9. The van der Waals surface area contributed by atoms with Gasteiger partial charge in [0.05, 0.1) is 29.1 Å². The number of pyridine rings is 2. The molecule has 2 aromatic heterocycles. The van der Waals surface area contributed by atoms with Crippen LogP contribution in [0.1, 0.15) is 36.1 Å². The molecule has 25 heavy (non-hydrogen) atoms. The molecular weight excluding hydrogens is 334 g/mol. The van der Waals surface area contributed by atoms with E-state index in [2.05, 4.69) is 16.0 Å². The Morgan fingerprint density at radius 3 is 2.52 bits per heavy atom. The first-order valence-electron chi connectivity index (χ1n) is 7.99. The lowest BCUT2D eigenvalue weighted by Crippen LogP contribution is -2.13. The van der Waals surface area contributed by atoms with Gasteiger partial charge in [-0.3, -0.25) is 4.98 Å². The summed E-state index contributed by atoms with van der Waals surface area (Å²) in [6, 6.07) is 13.8. The van der Waals surface area contributed by atoms with E-state index < -0.39 is 5.41 Å². The van der Waals surface area contributed by atoms with Crippen molar-refractivity contribution in [2.24, 2.45) is 0 Å². The van der Waals surface area contributed by atoms with Crippen molar-refractivity contribution in [3.63, 3.8) is 0 Å². The van der Waals surface area contributed by atoms with Crippen LogP contribution in [0.5, 0.6) is 0 Å². The molecular formula is C20H18ClN3O. The van der Waals surface area contributed by atoms with Gasteiger partial charge < -0.3 is 5.11 Å². The Balaban J connectivity index is 2.03. The highest BCUT2D eigenvalue weighted by molar-refractivity contribution is 6.29. The number of rotatable bonds is 4. The fourth-order valence-electron chi connectivity index (χ4n) is 2.77. The summed E-state index contributed by atoms with van der Waals surface area (Å²) in [6.07, 6.45) is 2.29. The summed E-state index contributed by atoms with van der Waals surface area (Å²) in [5.74, 6) is 0. The van der Waals surface area contributed by atoms with Gasteiger partial charge in [-0.15, -0.1) is 0 Å². The van der Waals surface area contributed by atoms with Crippen molar-refractivity contribution >= 4 is 22.6 Å². The minimum Gasteiger partial charge on any atom is -0.392 e. The molecule has 3 aromatic rings. The molecule has 126 valence electrons. The van der Waals surface area contributed by atoms with Crippen LogP contribution < -0.4 is 0 Å². The summed E-state index contributed by atoms with van der Waals surface area (Å²) in [5.41, 5.74) is 4.64. The second kappa shape index (κ2) is 6.79. The third-order valence-electron chi connectivity index (χ3n) is 4.38. The average molecular weight is 352 g/mol. The van der Waals surface area contributed by atoms with E-state index in [9.17, 15) is 10.4 Å². The van der Waals surface area contributed by atoms with E-state index in [1.807, 2.05) is 44.2 Å². The van der Waals surface area contributed by atoms with Crippen molar-refractivity contribution in [3.05, 3.63) is 70.0 Å². The Bertz CT molecular complexity index is 959. The largest absolute Gasteiger partial charge is 0.392 e. The van der Waals surface area contributed by atoms with Crippen molar-refractivity contribution in [1.29, 1.82) is 5.26 Å². The van der Waals surface area contributed by atoms with Crippen LogP contribution in [0, 0.1) is 11.3 Å². The second-order valence-electron chi connectivity index (χ2n) is 6.53. The third kappa shape index (κ3) is 3.48. The highest BCUT2D eigenvalue weighted by atomic mass is 35.5. The molecule has 0 bridgehead atoms. The summed E-state index contributed by atoms with van der Waals surface area (Å²) in [7, 11) is 0. The summed E-state index contributed by atoms with van der Waals surface area (Å²) in [6.45, 7) is 3.69. The zero-order valence-corrected chi connectivity index (χ0v) is 14.9. The molecule has 3 rings (SSSR count). The van der Waals surface area contributed by atoms with Gasteiger partial charge in [-0.2, -0.15) is 5.26 Å². The number of hydrogen-bond acceptors (Lipinski definition) is 4. The van der Waals surface area contributed by atoms with Gasteiger partial charge in [-0.05, 0) is 42.7 Å². The quantitative estimate of drug-likeness (QED) is 0.716. The van der Waals surface area contributed by atoms with Crippen molar-refractivity contribution in [3.8, 4) is 6.07 Å². The van der Waals surface area contributed by atoms with E-state index >= 15 is 0 Å². The van der Waals surface area contributed by atoms with Crippen LogP contribution in [0.15, 0.2) is 42.6 Å². The zero-order chi connectivity index (χ0) is 18.0. The van der Waals surface area contributed by atoms with Crippen molar-refractivity contribution in [2.75, 3.05) is 0 Å². The molecule has 0 aliphatic rings. The molecule has 0 spiro atoms. The lowest BCUT2D eigenvalue weighted by molar-refractivity contribution is 0.280. The number of benzene rings is 1. The number of halogens is 1. The summed E-state index contributed by atoms with van der Waals surface area (Å²) >= 11 is 6.04. The molecule has 0 saturated heterocycles. The van der Waals surface area contributed by atoms with Crippen molar-refractivity contribution in [1.82, 2.24) is 9.97 Å². The Hall–Kier alpha value is -2.48. The minimum atomic E-state index is -0.521. The molecule has 0 saturated carbocycles. The van der Waals surface area contributed by atoms with Crippen LogP contribution in [0.2, 0.25) is 5.15 Å². The molecule has 0 atom stereocenters. The number of aliphatic hydroxyl groups is 1. The van der Waals surface area contributed by atoms with Gasteiger partial charge >= 0.3 is 0 Å².